The summed E-state index contributed by atoms with van der Waals surface area (Å²) in [7, 11) is -3.47. The fraction of sp³-hybridized carbons (Fsp3) is 0.571. The molecule has 1 rings (SSSR count). The highest BCUT2D eigenvalue weighted by Gasteiger charge is 2.19. The Morgan fingerprint density at radius 2 is 1.90 bits per heavy atom. The maximum Gasteiger partial charge on any atom is 0.240 e. The van der Waals surface area contributed by atoms with Crippen LogP contribution in [0.15, 0.2) is 23.1 Å². The first-order valence-corrected chi connectivity index (χ1v) is 8.18. The predicted molar refractivity (Wildman–Crippen MR) is 85.9 cm³/mol. The molecule has 0 saturated heterocycles. The van der Waals surface area contributed by atoms with Crippen molar-refractivity contribution in [1.29, 1.82) is 0 Å². The summed E-state index contributed by atoms with van der Waals surface area (Å²) in [6.07, 6.45) is 2.77. The van der Waals surface area contributed by atoms with E-state index in [-0.39, 0.29) is 18.4 Å². The number of aryl methyl sites for hydroxylation is 2. The quantitative estimate of drug-likeness (QED) is 0.811. The van der Waals surface area contributed by atoms with E-state index < -0.39 is 10.0 Å². The van der Waals surface area contributed by atoms with Crippen LogP contribution in [0.4, 0.5) is 0 Å². The van der Waals surface area contributed by atoms with Crippen LogP contribution in [0.5, 0.6) is 0 Å². The Bertz CT molecular complexity index is 518. The summed E-state index contributed by atoms with van der Waals surface area (Å²) >= 11 is 0. The van der Waals surface area contributed by atoms with Crippen LogP contribution in [0, 0.1) is 13.8 Å². The van der Waals surface area contributed by atoms with E-state index in [4.69, 9.17) is 5.73 Å². The van der Waals surface area contributed by atoms with Crippen molar-refractivity contribution in [1.82, 2.24) is 4.72 Å². The highest BCUT2D eigenvalue weighted by atomic mass is 35.5. The Kier molecular flexibility index (Phi) is 8.35. The summed E-state index contributed by atoms with van der Waals surface area (Å²) in [6, 6.07) is 4.97. The average molecular weight is 321 g/mol. The van der Waals surface area contributed by atoms with E-state index in [1.165, 1.54) is 0 Å². The van der Waals surface area contributed by atoms with Crippen molar-refractivity contribution in [3.63, 3.8) is 0 Å². The third kappa shape index (κ3) is 5.40. The van der Waals surface area contributed by atoms with Gasteiger partial charge in [-0.15, -0.1) is 12.4 Å². The largest absolute Gasteiger partial charge is 0.329 e. The molecular weight excluding hydrogens is 296 g/mol. The van der Waals surface area contributed by atoms with Crippen molar-refractivity contribution < 1.29 is 8.42 Å². The van der Waals surface area contributed by atoms with Crippen LogP contribution in [-0.4, -0.2) is 21.0 Å². The Morgan fingerprint density at radius 3 is 2.40 bits per heavy atom. The van der Waals surface area contributed by atoms with Gasteiger partial charge in [-0.25, -0.2) is 13.1 Å². The van der Waals surface area contributed by atoms with Gasteiger partial charge in [0.25, 0.3) is 0 Å². The minimum atomic E-state index is -3.47. The maximum atomic E-state index is 12.3. The number of hydrogen-bond acceptors (Lipinski definition) is 3. The third-order valence-corrected chi connectivity index (χ3v) is 4.82. The molecule has 20 heavy (non-hydrogen) atoms. The van der Waals surface area contributed by atoms with Crippen LogP contribution in [0.3, 0.4) is 0 Å². The first kappa shape index (κ1) is 19.4. The molecule has 0 fully saturated rings. The summed E-state index contributed by atoms with van der Waals surface area (Å²) < 4.78 is 27.2. The first-order valence-electron chi connectivity index (χ1n) is 6.70. The molecule has 6 heteroatoms. The molecule has 0 heterocycles. The summed E-state index contributed by atoms with van der Waals surface area (Å²) in [6.45, 7) is 6.27. The predicted octanol–water partition coefficient (Wildman–Crippen LogP) is 2.52. The molecule has 1 unspecified atom stereocenters. The van der Waals surface area contributed by atoms with Crippen LogP contribution in [0.2, 0.25) is 0 Å². The highest BCUT2D eigenvalue weighted by Crippen LogP contribution is 2.15. The lowest BCUT2D eigenvalue weighted by atomic mass is 10.1. The van der Waals surface area contributed by atoms with Gasteiger partial charge in [-0.2, -0.15) is 0 Å². The molecular formula is C14H25ClN2O2S. The van der Waals surface area contributed by atoms with Gasteiger partial charge in [0.2, 0.25) is 10.0 Å². The first-order chi connectivity index (χ1) is 8.90. The van der Waals surface area contributed by atoms with Crippen LogP contribution < -0.4 is 10.5 Å². The lowest BCUT2D eigenvalue weighted by Gasteiger charge is -2.17. The molecule has 4 nitrogen and oxygen atoms in total. The Labute approximate surface area is 128 Å². The zero-order valence-corrected chi connectivity index (χ0v) is 14.0. The molecule has 1 aromatic rings. The molecule has 0 aliphatic heterocycles. The van der Waals surface area contributed by atoms with Gasteiger partial charge in [-0.1, -0.05) is 25.8 Å². The summed E-state index contributed by atoms with van der Waals surface area (Å²) in [5.74, 6) is 0. The van der Waals surface area contributed by atoms with Crippen molar-refractivity contribution in [2.24, 2.45) is 5.73 Å². The second-order valence-corrected chi connectivity index (χ2v) is 6.66. The summed E-state index contributed by atoms with van der Waals surface area (Å²) in [5.41, 5.74) is 7.68. The molecule has 0 aliphatic rings. The molecule has 1 atom stereocenters. The lowest BCUT2D eigenvalue weighted by Crippen LogP contribution is -2.40. The zero-order chi connectivity index (χ0) is 14.5. The van der Waals surface area contributed by atoms with Crippen LogP contribution >= 0.6 is 12.4 Å². The molecule has 0 saturated carbocycles. The molecule has 0 bridgehead atoms. The van der Waals surface area contributed by atoms with E-state index in [9.17, 15) is 8.42 Å². The van der Waals surface area contributed by atoms with Crippen molar-refractivity contribution in [3.05, 3.63) is 29.3 Å². The van der Waals surface area contributed by atoms with E-state index >= 15 is 0 Å². The Morgan fingerprint density at radius 1 is 1.25 bits per heavy atom. The van der Waals surface area contributed by atoms with Gasteiger partial charge in [0.1, 0.15) is 0 Å². The molecule has 116 valence electrons. The number of benzene rings is 1. The van der Waals surface area contributed by atoms with E-state index in [0.717, 1.165) is 30.4 Å². The van der Waals surface area contributed by atoms with Crippen molar-refractivity contribution >= 4 is 22.4 Å². The van der Waals surface area contributed by atoms with Gasteiger partial charge in [-0.3, -0.25) is 0 Å². The number of rotatable bonds is 7. The van der Waals surface area contributed by atoms with Crippen molar-refractivity contribution in [2.75, 3.05) is 6.54 Å². The molecule has 0 spiro atoms. The normalized spacial score (nSPS) is 12.8. The lowest BCUT2D eigenvalue weighted by molar-refractivity contribution is 0.516. The number of nitrogens with two attached hydrogens (primary N) is 1. The summed E-state index contributed by atoms with van der Waals surface area (Å²) in [5, 5.41) is 0. The van der Waals surface area contributed by atoms with Crippen LogP contribution in [0.25, 0.3) is 0 Å². The molecule has 0 aliphatic carbocycles. The number of nitrogens with one attached hydrogen (secondary N) is 1. The van der Waals surface area contributed by atoms with Gasteiger partial charge >= 0.3 is 0 Å². The number of hydrogen-bond donors (Lipinski definition) is 2. The topological polar surface area (TPSA) is 72.2 Å². The zero-order valence-electron chi connectivity index (χ0n) is 12.3. The summed E-state index contributed by atoms with van der Waals surface area (Å²) in [4.78, 5) is 0.311. The average Bonchev–Trinajstić information content (AvgIpc) is 2.37. The number of unbranched alkanes of at least 4 members (excludes halogenated alkanes) is 1. The fourth-order valence-corrected chi connectivity index (χ4v) is 3.21. The molecule has 0 aromatic heterocycles. The Balaban J connectivity index is 0.00000361. The molecule has 1 aromatic carbocycles. The van der Waals surface area contributed by atoms with Crippen molar-refractivity contribution in [3.8, 4) is 0 Å². The van der Waals surface area contributed by atoms with E-state index in [1.54, 1.807) is 12.1 Å². The Hall–Kier alpha value is -0.620. The van der Waals surface area contributed by atoms with Crippen molar-refractivity contribution in [2.45, 2.75) is 51.0 Å². The number of halogens is 1. The second kappa shape index (κ2) is 8.62. The third-order valence-electron chi connectivity index (χ3n) is 3.30. The maximum absolute atomic E-state index is 12.3. The minimum Gasteiger partial charge on any atom is -0.329 e. The monoisotopic (exact) mass is 320 g/mol. The molecule has 0 radical (unpaired) electrons. The van der Waals surface area contributed by atoms with Gasteiger partial charge in [0.15, 0.2) is 0 Å². The smallest absolute Gasteiger partial charge is 0.240 e. The van der Waals surface area contributed by atoms with Gasteiger partial charge in [-0.05, 0) is 43.5 Å². The number of sulfonamides is 1. The van der Waals surface area contributed by atoms with E-state index in [0.29, 0.717) is 11.4 Å². The van der Waals surface area contributed by atoms with Gasteiger partial charge in [0, 0.05) is 12.6 Å². The van der Waals surface area contributed by atoms with Crippen LogP contribution in [0.1, 0.15) is 37.3 Å². The SMILES string of the molecule is CCCCC(CN)NS(=O)(=O)c1ccc(C)c(C)c1.Cl. The second-order valence-electron chi connectivity index (χ2n) is 4.94. The highest BCUT2D eigenvalue weighted by molar-refractivity contribution is 7.89. The standard InChI is InChI=1S/C14H24N2O2S.ClH/c1-4-5-6-13(10-15)16-19(17,18)14-8-7-11(2)12(3)9-14;/h7-9,13,16H,4-6,10,15H2,1-3H3;1H. The van der Waals surface area contributed by atoms with Gasteiger partial charge in [0.05, 0.1) is 4.90 Å². The van der Waals surface area contributed by atoms with Gasteiger partial charge < -0.3 is 5.73 Å². The van der Waals surface area contributed by atoms with E-state index in [2.05, 4.69) is 11.6 Å². The molecule has 0 amide bonds. The molecule has 3 N–H and O–H groups in total. The minimum absolute atomic E-state index is 0. The van der Waals surface area contributed by atoms with E-state index in [1.807, 2.05) is 19.9 Å². The fourth-order valence-electron chi connectivity index (χ4n) is 1.84. The van der Waals surface area contributed by atoms with Crippen LogP contribution in [-0.2, 0) is 10.0 Å².